The van der Waals surface area contributed by atoms with Crippen LogP contribution in [0.15, 0.2) is 108 Å². The molecule has 0 bridgehead atoms. The molecule has 2 N–H and O–H groups in total. The fraction of sp³-hybridized carbons (Fsp3) is 0.0345. The van der Waals surface area contributed by atoms with Gasteiger partial charge in [0.1, 0.15) is 5.75 Å². The number of carbonyl (C=O) groups excluding carboxylic acids is 3. The molecule has 4 rings (SSSR count). The number of hydrogen-bond donors (Lipinski definition) is 2. The highest BCUT2D eigenvalue weighted by atomic mass is 16.5. The maximum atomic E-state index is 12.5. The molecule has 0 aromatic heterocycles. The summed E-state index contributed by atoms with van der Waals surface area (Å²) in [6.45, 7) is 1.92. The van der Waals surface area contributed by atoms with Gasteiger partial charge in [0.05, 0.1) is 11.8 Å². The average molecular weight is 478 g/mol. The molecule has 0 aliphatic carbocycles. The normalized spacial score (nSPS) is 10.6. The molecule has 0 fully saturated rings. The molecule has 36 heavy (non-hydrogen) atoms. The van der Waals surface area contributed by atoms with Crippen LogP contribution < -0.4 is 15.5 Å². The van der Waals surface area contributed by atoms with Crippen LogP contribution >= 0.6 is 0 Å². The van der Waals surface area contributed by atoms with Crippen molar-refractivity contribution in [3.63, 3.8) is 0 Å². The van der Waals surface area contributed by atoms with Gasteiger partial charge in [-0.2, -0.15) is 5.10 Å². The van der Waals surface area contributed by atoms with Crippen molar-refractivity contribution in [2.75, 3.05) is 5.32 Å². The summed E-state index contributed by atoms with van der Waals surface area (Å²) < 4.78 is 5.48. The summed E-state index contributed by atoms with van der Waals surface area (Å²) in [6.07, 6.45) is 1.40. The first-order valence-corrected chi connectivity index (χ1v) is 11.2. The second kappa shape index (κ2) is 11.4. The van der Waals surface area contributed by atoms with Crippen LogP contribution in [0.3, 0.4) is 0 Å². The third-order valence-electron chi connectivity index (χ3n) is 5.19. The molecular weight excluding hydrogens is 454 g/mol. The number of aryl methyl sites for hydroxylation is 1. The third kappa shape index (κ3) is 6.30. The predicted molar refractivity (Wildman–Crippen MR) is 138 cm³/mol. The minimum absolute atomic E-state index is 0.230. The third-order valence-corrected chi connectivity index (χ3v) is 5.19. The van der Waals surface area contributed by atoms with E-state index in [2.05, 4.69) is 15.8 Å². The Morgan fingerprint density at radius 2 is 1.42 bits per heavy atom. The van der Waals surface area contributed by atoms with Gasteiger partial charge in [0.2, 0.25) is 0 Å². The number of nitrogens with zero attached hydrogens (tertiary/aromatic N) is 1. The van der Waals surface area contributed by atoms with Gasteiger partial charge in [-0.05, 0) is 67.6 Å². The zero-order valence-corrected chi connectivity index (χ0v) is 19.5. The largest absolute Gasteiger partial charge is 0.422 e. The molecular formula is C29H23N3O4. The van der Waals surface area contributed by atoms with Gasteiger partial charge in [-0.15, -0.1) is 0 Å². The number of hydrazone groups is 1. The second-order valence-corrected chi connectivity index (χ2v) is 7.89. The van der Waals surface area contributed by atoms with Crippen molar-refractivity contribution in [2.45, 2.75) is 6.92 Å². The zero-order valence-electron chi connectivity index (χ0n) is 19.5. The van der Waals surface area contributed by atoms with Crippen molar-refractivity contribution in [1.82, 2.24) is 5.43 Å². The van der Waals surface area contributed by atoms with E-state index in [0.717, 1.165) is 5.56 Å². The highest BCUT2D eigenvalue weighted by Gasteiger charge is 2.11. The zero-order chi connectivity index (χ0) is 25.3. The van der Waals surface area contributed by atoms with E-state index in [-0.39, 0.29) is 5.91 Å². The number of carbonyl (C=O) groups is 3. The monoisotopic (exact) mass is 477 g/mol. The Balaban J connectivity index is 1.35. The van der Waals surface area contributed by atoms with Crippen LogP contribution in [0.1, 0.15) is 42.2 Å². The number of anilines is 1. The smallest absolute Gasteiger partial charge is 0.343 e. The second-order valence-electron chi connectivity index (χ2n) is 7.89. The lowest BCUT2D eigenvalue weighted by Gasteiger charge is -2.08. The van der Waals surface area contributed by atoms with Gasteiger partial charge in [0.25, 0.3) is 11.8 Å². The predicted octanol–water partition coefficient (Wildman–Crippen LogP) is 5.23. The Kier molecular flexibility index (Phi) is 7.63. The number of amides is 2. The molecule has 0 radical (unpaired) electrons. The van der Waals surface area contributed by atoms with Gasteiger partial charge < -0.3 is 10.1 Å². The van der Waals surface area contributed by atoms with Crippen LogP contribution in [0.2, 0.25) is 0 Å². The summed E-state index contributed by atoms with van der Waals surface area (Å²) in [7, 11) is 0. The Labute approximate surface area is 208 Å². The minimum atomic E-state index is -0.491. The van der Waals surface area contributed by atoms with Crippen LogP contribution in [0.4, 0.5) is 5.69 Å². The van der Waals surface area contributed by atoms with Gasteiger partial charge in [-0.25, -0.2) is 10.2 Å². The number of nitrogens with one attached hydrogen (secondary N) is 2. The lowest BCUT2D eigenvalue weighted by molar-refractivity contribution is 0.0734. The van der Waals surface area contributed by atoms with Crippen molar-refractivity contribution >= 4 is 29.7 Å². The van der Waals surface area contributed by atoms with Crippen molar-refractivity contribution in [1.29, 1.82) is 0 Å². The fourth-order valence-electron chi connectivity index (χ4n) is 3.33. The highest BCUT2D eigenvalue weighted by Crippen LogP contribution is 2.18. The summed E-state index contributed by atoms with van der Waals surface area (Å²) in [5, 5.41) is 6.80. The number of ether oxygens (including phenoxy) is 1. The molecule has 0 saturated carbocycles. The van der Waals surface area contributed by atoms with E-state index in [1.807, 2.05) is 25.1 Å². The van der Waals surface area contributed by atoms with Crippen LogP contribution in [0.5, 0.6) is 5.75 Å². The molecule has 0 atom stereocenters. The van der Waals surface area contributed by atoms with Crippen LogP contribution in [-0.4, -0.2) is 24.0 Å². The molecule has 0 spiro atoms. The summed E-state index contributed by atoms with van der Waals surface area (Å²) >= 11 is 0. The summed E-state index contributed by atoms with van der Waals surface area (Å²) in [5.41, 5.74) is 5.89. The number of hydrogen-bond acceptors (Lipinski definition) is 5. The molecule has 4 aromatic rings. The fourth-order valence-corrected chi connectivity index (χ4v) is 3.33. The van der Waals surface area contributed by atoms with E-state index >= 15 is 0 Å². The van der Waals surface area contributed by atoms with Gasteiger partial charge >= 0.3 is 5.97 Å². The standard InChI is InChI=1S/C29H23N3O4/c1-20-8-7-12-23(18-20)27(33)31-25-16-14-21(15-17-25)28(34)32-30-19-24-11-5-6-13-26(24)36-29(35)22-9-3-2-4-10-22/h2-19H,1H3,(H,31,33)(H,32,34)/b30-19-. The quantitative estimate of drug-likeness (QED) is 0.165. The summed E-state index contributed by atoms with van der Waals surface area (Å²) in [4.78, 5) is 37.2. The topological polar surface area (TPSA) is 96.9 Å². The van der Waals surface area contributed by atoms with Crippen LogP contribution in [-0.2, 0) is 0 Å². The number of para-hydroxylation sites is 1. The lowest BCUT2D eigenvalue weighted by atomic mass is 10.1. The first-order valence-electron chi connectivity index (χ1n) is 11.2. The molecule has 7 heteroatoms. The lowest BCUT2D eigenvalue weighted by Crippen LogP contribution is -2.18. The van der Waals surface area contributed by atoms with E-state index in [1.165, 1.54) is 6.21 Å². The van der Waals surface area contributed by atoms with Gasteiger partial charge in [0.15, 0.2) is 0 Å². The van der Waals surface area contributed by atoms with E-state index in [1.54, 1.807) is 84.9 Å². The van der Waals surface area contributed by atoms with Gasteiger partial charge in [-0.1, -0.05) is 48.0 Å². The molecule has 0 aliphatic rings. The first-order chi connectivity index (χ1) is 17.5. The SMILES string of the molecule is Cc1cccc(C(=O)Nc2ccc(C(=O)N/N=C\c3ccccc3OC(=O)c3ccccc3)cc2)c1. The molecule has 0 unspecified atom stereocenters. The van der Waals surface area contributed by atoms with Crippen molar-refractivity contribution in [3.05, 3.63) is 131 Å². The van der Waals surface area contributed by atoms with Crippen LogP contribution in [0, 0.1) is 6.92 Å². The molecule has 0 aliphatic heterocycles. The minimum Gasteiger partial charge on any atom is -0.422 e. The number of rotatable bonds is 7. The molecule has 4 aromatic carbocycles. The number of esters is 1. The Morgan fingerprint density at radius 1 is 0.722 bits per heavy atom. The molecule has 7 nitrogen and oxygen atoms in total. The average Bonchev–Trinajstić information content (AvgIpc) is 2.90. The Hall–Kier alpha value is -5.04. The Morgan fingerprint density at radius 3 is 2.17 bits per heavy atom. The van der Waals surface area contributed by atoms with Crippen LogP contribution in [0.25, 0.3) is 0 Å². The number of benzene rings is 4. The molecule has 2 amide bonds. The van der Waals surface area contributed by atoms with Crippen molar-refractivity contribution < 1.29 is 19.1 Å². The van der Waals surface area contributed by atoms with E-state index in [9.17, 15) is 14.4 Å². The maximum absolute atomic E-state index is 12.5. The Bertz CT molecular complexity index is 1410. The first kappa shape index (κ1) is 24.1. The van der Waals surface area contributed by atoms with Gasteiger partial charge in [0, 0.05) is 22.4 Å². The highest BCUT2D eigenvalue weighted by molar-refractivity contribution is 6.04. The van der Waals surface area contributed by atoms with Gasteiger partial charge in [-0.3, -0.25) is 9.59 Å². The van der Waals surface area contributed by atoms with Crippen molar-refractivity contribution in [3.8, 4) is 5.75 Å². The molecule has 0 saturated heterocycles. The maximum Gasteiger partial charge on any atom is 0.343 e. The van der Waals surface area contributed by atoms with E-state index < -0.39 is 11.9 Å². The molecule has 178 valence electrons. The van der Waals surface area contributed by atoms with E-state index in [4.69, 9.17) is 4.74 Å². The molecule has 0 heterocycles. The summed E-state index contributed by atoms with van der Waals surface area (Å²) in [5.74, 6) is -0.832. The van der Waals surface area contributed by atoms with Crippen molar-refractivity contribution in [2.24, 2.45) is 5.10 Å². The summed E-state index contributed by atoms with van der Waals surface area (Å²) in [6, 6.07) is 29.3. The van der Waals surface area contributed by atoms with E-state index in [0.29, 0.717) is 33.7 Å².